The molecule has 2 atom stereocenters. The molecule has 9 nitrogen and oxygen atoms in total. The normalized spacial score (nSPS) is 12.6. The van der Waals surface area contributed by atoms with Gasteiger partial charge in [0.05, 0.1) is 28.3 Å². The number of nitrogens with zero attached hydrogens (tertiary/aromatic N) is 5. The first kappa shape index (κ1) is 23.9. The van der Waals surface area contributed by atoms with Gasteiger partial charge < -0.3 is 10.4 Å². The van der Waals surface area contributed by atoms with Crippen molar-refractivity contribution in [2.75, 3.05) is 0 Å². The van der Waals surface area contributed by atoms with E-state index in [0.29, 0.717) is 44.9 Å². The lowest BCUT2D eigenvalue weighted by Crippen LogP contribution is -2.33. The molecule has 2 N–H and O–H groups in total. The third kappa shape index (κ3) is 4.46. The van der Waals surface area contributed by atoms with Gasteiger partial charge in [-0.1, -0.05) is 36.1 Å². The SMILES string of the molecule is Cc1nn2cccnc2c1C(=O)N[C@H](C)c1nc2cccc(C#C[C@H](C)O)c2c(=O)n1-c1ccccc1. The number of carbonyl (C=O) groups excluding carboxylic acids is 1. The fourth-order valence-electron chi connectivity index (χ4n) is 4.25. The molecule has 5 aromatic rings. The lowest BCUT2D eigenvalue weighted by molar-refractivity contribution is 0.0938. The van der Waals surface area contributed by atoms with Gasteiger partial charge in [-0.05, 0) is 51.1 Å². The Hall–Kier alpha value is -4.81. The van der Waals surface area contributed by atoms with Crippen LogP contribution >= 0.6 is 0 Å². The number of nitrogens with one attached hydrogen (secondary N) is 1. The third-order valence-corrected chi connectivity index (χ3v) is 5.89. The number of amides is 1. The molecule has 0 aliphatic heterocycles. The van der Waals surface area contributed by atoms with Gasteiger partial charge in [0, 0.05) is 18.0 Å². The zero-order chi connectivity index (χ0) is 26.1. The second-order valence-corrected chi connectivity index (χ2v) is 8.63. The molecule has 37 heavy (non-hydrogen) atoms. The second kappa shape index (κ2) is 9.68. The smallest absolute Gasteiger partial charge is 0.267 e. The van der Waals surface area contributed by atoms with Crippen molar-refractivity contribution in [3.63, 3.8) is 0 Å². The van der Waals surface area contributed by atoms with Crippen LogP contribution in [-0.2, 0) is 0 Å². The van der Waals surface area contributed by atoms with Crippen LogP contribution in [0.25, 0.3) is 22.2 Å². The van der Waals surface area contributed by atoms with Gasteiger partial charge in [0.25, 0.3) is 11.5 Å². The van der Waals surface area contributed by atoms with Crippen molar-refractivity contribution in [2.24, 2.45) is 0 Å². The van der Waals surface area contributed by atoms with E-state index >= 15 is 0 Å². The number of rotatable bonds is 4. The Bertz CT molecular complexity index is 1760. The maximum absolute atomic E-state index is 13.9. The average Bonchev–Trinajstić information content (AvgIpc) is 3.23. The van der Waals surface area contributed by atoms with Gasteiger partial charge in [0.1, 0.15) is 17.5 Å². The molecule has 3 heterocycles. The van der Waals surface area contributed by atoms with Crippen molar-refractivity contribution in [2.45, 2.75) is 32.9 Å². The first-order valence-corrected chi connectivity index (χ1v) is 11.8. The van der Waals surface area contributed by atoms with Crippen LogP contribution < -0.4 is 10.9 Å². The molecule has 0 aliphatic rings. The van der Waals surface area contributed by atoms with E-state index in [1.807, 2.05) is 18.2 Å². The second-order valence-electron chi connectivity index (χ2n) is 8.63. The van der Waals surface area contributed by atoms with Crippen LogP contribution in [0.5, 0.6) is 0 Å². The van der Waals surface area contributed by atoms with Crippen LogP contribution in [-0.4, -0.2) is 41.3 Å². The highest BCUT2D eigenvalue weighted by Crippen LogP contribution is 2.21. The number of aliphatic hydroxyl groups excluding tert-OH is 1. The standard InChI is InChI=1S/C28H24N6O3/c1-17(35)13-14-20-9-7-12-22-24(20)28(37)34(21-10-5-4-6-11-21)25(31-22)19(3)30-27(36)23-18(2)32-33-16-8-15-29-26(23)33/h4-12,15-17,19,35H,1-3H3,(H,30,36)/t17-,19+/m0/s1. The van der Waals surface area contributed by atoms with Gasteiger partial charge in [-0.15, -0.1) is 0 Å². The summed E-state index contributed by atoms with van der Waals surface area (Å²) < 4.78 is 3.04. The Morgan fingerprint density at radius 3 is 2.62 bits per heavy atom. The van der Waals surface area contributed by atoms with E-state index in [2.05, 4.69) is 27.2 Å². The van der Waals surface area contributed by atoms with Gasteiger partial charge in [-0.3, -0.25) is 14.2 Å². The van der Waals surface area contributed by atoms with Crippen LogP contribution in [0.15, 0.2) is 71.8 Å². The Balaban J connectivity index is 1.66. The van der Waals surface area contributed by atoms with E-state index in [0.717, 1.165) is 0 Å². The summed E-state index contributed by atoms with van der Waals surface area (Å²) in [6, 6.07) is 15.4. The summed E-state index contributed by atoms with van der Waals surface area (Å²) >= 11 is 0. The van der Waals surface area contributed by atoms with E-state index in [4.69, 9.17) is 4.98 Å². The van der Waals surface area contributed by atoms with Crippen LogP contribution in [0.3, 0.4) is 0 Å². The number of aromatic nitrogens is 5. The van der Waals surface area contributed by atoms with Crippen molar-refractivity contribution in [3.8, 4) is 17.5 Å². The summed E-state index contributed by atoms with van der Waals surface area (Å²) in [4.78, 5) is 36.4. The Morgan fingerprint density at radius 2 is 1.86 bits per heavy atom. The number of carbonyl (C=O) groups is 1. The maximum atomic E-state index is 13.9. The molecule has 2 aromatic carbocycles. The number of aliphatic hydroxyl groups is 1. The van der Waals surface area contributed by atoms with Gasteiger partial charge >= 0.3 is 0 Å². The summed E-state index contributed by atoms with van der Waals surface area (Å²) in [5.41, 5.74) is 2.53. The number of benzene rings is 2. The van der Waals surface area contributed by atoms with E-state index < -0.39 is 12.1 Å². The lowest BCUT2D eigenvalue weighted by Gasteiger charge is -2.20. The summed E-state index contributed by atoms with van der Waals surface area (Å²) in [5, 5.41) is 17.3. The first-order chi connectivity index (χ1) is 17.8. The highest BCUT2D eigenvalue weighted by atomic mass is 16.3. The molecule has 0 aliphatic carbocycles. The lowest BCUT2D eigenvalue weighted by atomic mass is 10.1. The van der Waals surface area contributed by atoms with Crippen molar-refractivity contribution in [3.05, 3.63) is 100.0 Å². The maximum Gasteiger partial charge on any atom is 0.267 e. The molecule has 0 saturated heterocycles. The van der Waals surface area contributed by atoms with Crippen molar-refractivity contribution in [1.82, 2.24) is 29.5 Å². The van der Waals surface area contributed by atoms with E-state index in [9.17, 15) is 14.7 Å². The highest BCUT2D eigenvalue weighted by Gasteiger charge is 2.24. The molecule has 0 saturated carbocycles. The third-order valence-electron chi connectivity index (χ3n) is 5.89. The number of fused-ring (bicyclic) bond motifs is 2. The molecular weight excluding hydrogens is 468 g/mol. The fourth-order valence-corrected chi connectivity index (χ4v) is 4.25. The molecule has 0 spiro atoms. The van der Waals surface area contributed by atoms with E-state index in [1.54, 1.807) is 74.1 Å². The van der Waals surface area contributed by atoms with Crippen molar-refractivity contribution in [1.29, 1.82) is 0 Å². The number of hydrogen-bond acceptors (Lipinski definition) is 6. The molecule has 9 heteroatoms. The number of aryl methyl sites for hydroxylation is 1. The molecule has 0 fully saturated rings. The molecule has 0 unspecified atom stereocenters. The molecule has 1 amide bonds. The van der Waals surface area contributed by atoms with Gasteiger partial charge in [-0.25, -0.2) is 14.5 Å². The van der Waals surface area contributed by atoms with Gasteiger partial charge in [-0.2, -0.15) is 5.10 Å². The molecule has 5 rings (SSSR count). The fraction of sp³-hybridized carbons (Fsp3) is 0.179. The Morgan fingerprint density at radius 1 is 1.08 bits per heavy atom. The van der Waals surface area contributed by atoms with Crippen molar-refractivity contribution < 1.29 is 9.90 Å². The Kier molecular flexibility index (Phi) is 6.26. The van der Waals surface area contributed by atoms with Crippen molar-refractivity contribution >= 4 is 22.5 Å². The largest absolute Gasteiger partial charge is 0.381 e. The summed E-state index contributed by atoms with van der Waals surface area (Å²) in [5.74, 6) is 5.58. The molecule has 3 aromatic heterocycles. The van der Waals surface area contributed by atoms with Crippen LogP contribution in [0.2, 0.25) is 0 Å². The Labute approximate surface area is 212 Å². The predicted molar refractivity (Wildman–Crippen MR) is 140 cm³/mol. The molecule has 0 bridgehead atoms. The van der Waals surface area contributed by atoms with E-state index in [-0.39, 0.29) is 11.5 Å². The topological polar surface area (TPSA) is 114 Å². The van der Waals surface area contributed by atoms with Gasteiger partial charge in [0.2, 0.25) is 0 Å². The zero-order valence-corrected chi connectivity index (χ0v) is 20.5. The highest BCUT2D eigenvalue weighted by molar-refractivity contribution is 6.01. The van der Waals surface area contributed by atoms with E-state index in [1.165, 1.54) is 4.57 Å². The molecule has 0 radical (unpaired) electrons. The van der Waals surface area contributed by atoms with Crippen LogP contribution in [0, 0.1) is 18.8 Å². The predicted octanol–water partition coefficient (Wildman–Crippen LogP) is 2.96. The minimum absolute atomic E-state index is 0.323. The number of hydrogen-bond donors (Lipinski definition) is 2. The minimum atomic E-state index is -0.841. The summed E-state index contributed by atoms with van der Waals surface area (Å²) in [7, 11) is 0. The zero-order valence-electron chi connectivity index (χ0n) is 20.5. The average molecular weight is 493 g/mol. The van der Waals surface area contributed by atoms with Crippen LogP contribution in [0.4, 0.5) is 0 Å². The van der Waals surface area contributed by atoms with Gasteiger partial charge in [0.15, 0.2) is 5.65 Å². The number of para-hydroxylation sites is 1. The summed E-state index contributed by atoms with van der Waals surface area (Å²) in [6.07, 6.45) is 2.49. The minimum Gasteiger partial charge on any atom is -0.381 e. The first-order valence-electron chi connectivity index (χ1n) is 11.8. The summed E-state index contributed by atoms with van der Waals surface area (Å²) in [6.45, 7) is 5.08. The molecular formula is C28H24N6O3. The van der Waals surface area contributed by atoms with Crippen LogP contribution in [0.1, 0.15) is 47.3 Å². The molecule has 184 valence electrons. The quantitative estimate of drug-likeness (QED) is 0.373. The monoisotopic (exact) mass is 492 g/mol.